The van der Waals surface area contributed by atoms with Crippen molar-refractivity contribution < 1.29 is 47.6 Å². The average Bonchev–Trinajstić information content (AvgIpc) is 1.78. The molecule has 5 aliphatic heterocycles. The molecule has 8 aromatic carbocycles. The van der Waals surface area contributed by atoms with E-state index in [1.54, 1.807) is 53.7 Å². The molecule has 5 aliphatic rings. The highest BCUT2D eigenvalue weighted by atomic mass is 79.9. The Morgan fingerprint density at radius 2 is 0.983 bits per heavy atom. The van der Waals surface area contributed by atoms with Crippen LogP contribution in [0.15, 0.2) is 194 Å². The smallest absolute Gasteiger partial charge is 0.324 e. The van der Waals surface area contributed by atoms with E-state index in [9.17, 15) is 19.2 Å². The van der Waals surface area contributed by atoms with E-state index >= 15 is 0 Å². The van der Waals surface area contributed by atoms with Gasteiger partial charge in [0.05, 0.1) is 91.9 Å². The highest BCUT2D eigenvalue weighted by Gasteiger charge is 2.26. The standard InChI is InChI=1S/C37H37Cl2N3O3.C30H25Cl2N3O3.C12H14BrNO.C7H8BrNO.C5H8N2O2/c1-44-33-22-24(14-15-25(33)21-27-9-6-20-40-27)28-10-4-11-29(35(28)38)30-12-5-13-31(36(30)39)32-18-16-23(37(42-32)45-2)7-3-8-26-17-19-34(43)41-26;1-37-26-15-18(9-10-19(26)16-27-33-13-14-34-27)21-5-3-6-22(28(21)31)23-7-4-8-24(29(23)32)25-12-11-20(17-36)30(35-25)38-2;1-15-12-8-10(13)5-4-9(12)7-11-3-2-6-14-11;1-10-7-4-5(8)2-3-6(7)9;1-4(8)7-3-2-6-5(7)9/h4-5,10-16,18,22,26H,3,6-9,17,19-21H2,1-2H3,(H,41,43);3-12,15,17H,13-14,16H2,1-2H3,(H,33,34);4-5,8H,2-3,6-7H2,1H3;2-4H,9H2,1H3;2-3H2,1H3,(H,6,9)/t26-;;;;/m1..../s1. The zero-order valence-electron chi connectivity index (χ0n) is 66.2. The molecular weight excluding hydrogens is 1690 g/mol. The molecule has 15 rings (SSSR count). The Hall–Kier alpha value is -10.3. The third-order valence-electron chi connectivity index (χ3n) is 20.2. The van der Waals surface area contributed by atoms with E-state index in [4.69, 9.17) is 85.5 Å². The molecular formula is C91H92Br2Cl4N10O10. The van der Waals surface area contributed by atoms with Gasteiger partial charge in [-0.2, -0.15) is 0 Å². The number of amides is 4. The number of ether oxygens (including phenoxy) is 6. The molecule has 0 unspecified atom stereocenters. The number of carbonyl (C=O) groups is 4. The molecule has 0 bridgehead atoms. The molecule has 2 saturated heterocycles. The second kappa shape index (κ2) is 42.7. The molecule has 26 heteroatoms. The summed E-state index contributed by atoms with van der Waals surface area (Å²) in [5, 5.41) is 11.1. The highest BCUT2D eigenvalue weighted by Crippen LogP contribution is 2.46. The predicted octanol–water partition coefficient (Wildman–Crippen LogP) is 20.4. The van der Waals surface area contributed by atoms with Crippen molar-refractivity contribution in [3.8, 4) is 102 Å². The number of aldehydes is 1. The molecule has 7 heterocycles. The number of imide groups is 1. The Balaban J connectivity index is 0.000000165. The number of aromatic nitrogens is 2. The molecule has 2 aromatic heterocycles. The van der Waals surface area contributed by atoms with Crippen LogP contribution in [-0.4, -0.2) is 144 Å². The quantitative estimate of drug-likeness (QED) is 0.0343. The number of rotatable bonds is 23. The molecule has 4 amide bonds. The summed E-state index contributed by atoms with van der Waals surface area (Å²) in [6.07, 6.45) is 11.9. The van der Waals surface area contributed by atoms with Crippen molar-refractivity contribution >= 4 is 125 Å². The first-order chi connectivity index (χ1) is 56.7. The van der Waals surface area contributed by atoms with Crippen molar-refractivity contribution in [2.24, 2.45) is 15.0 Å². The summed E-state index contributed by atoms with van der Waals surface area (Å²) in [5.41, 5.74) is 23.3. The maximum Gasteiger partial charge on any atom is 0.324 e. The number of hydrogen-bond donors (Lipinski definition) is 4. The fraction of sp³-hybridized carbons (Fsp3) is 0.286. The number of hydrogen-bond acceptors (Lipinski definition) is 17. The number of urea groups is 1. The SMILES string of the molecule is CC(=O)N1CCNC1=O.COc1cc(-c2cccc(-c3cccc(-c4ccc(C=O)c(OC)n4)c3Cl)c2Cl)ccc1CC1=NCCN1.COc1cc(-c2cccc(-c3cccc(-c4ccc(CCC[C@@H]5CCC(=O)N5)c(OC)n4)c3Cl)c2Cl)ccc1CC1=NCCC1.COc1cc(Br)ccc1CC1=NCCC1.COc1cc(Br)ccc1N. The van der Waals surface area contributed by atoms with Crippen LogP contribution in [0.25, 0.3) is 67.0 Å². The van der Waals surface area contributed by atoms with Gasteiger partial charge in [-0.1, -0.05) is 187 Å². The molecule has 10 aromatic rings. The number of nitrogens with one attached hydrogen (secondary N) is 3. The number of amidine groups is 1. The summed E-state index contributed by atoms with van der Waals surface area (Å²) in [7, 11) is 9.79. The average molecular weight is 1790 g/mol. The number of benzene rings is 8. The molecule has 5 N–H and O–H groups in total. The largest absolute Gasteiger partial charge is 0.496 e. The lowest BCUT2D eigenvalue weighted by atomic mass is 9.95. The van der Waals surface area contributed by atoms with Gasteiger partial charge in [0, 0.05) is 147 Å². The van der Waals surface area contributed by atoms with Crippen LogP contribution in [-0.2, 0) is 35.3 Å². The van der Waals surface area contributed by atoms with Gasteiger partial charge in [-0.15, -0.1) is 0 Å². The zero-order valence-corrected chi connectivity index (χ0v) is 72.4. The second-order valence-corrected chi connectivity index (χ2v) is 31.2. The molecule has 2 fully saturated rings. The van der Waals surface area contributed by atoms with Gasteiger partial charge in [0.15, 0.2) is 6.29 Å². The molecule has 608 valence electrons. The molecule has 117 heavy (non-hydrogen) atoms. The fourth-order valence-corrected chi connectivity index (χ4v) is 16.2. The molecule has 1 atom stereocenters. The van der Waals surface area contributed by atoms with Crippen molar-refractivity contribution in [3.05, 3.63) is 227 Å². The van der Waals surface area contributed by atoms with Crippen LogP contribution in [0.2, 0.25) is 20.1 Å². The number of nitrogens with two attached hydrogens (primary N) is 1. The van der Waals surface area contributed by atoms with E-state index in [-0.39, 0.29) is 29.8 Å². The molecule has 0 saturated carbocycles. The first kappa shape index (κ1) is 87.5. The fourth-order valence-electron chi connectivity index (χ4n) is 14.2. The molecule has 0 radical (unpaired) electrons. The summed E-state index contributed by atoms with van der Waals surface area (Å²) in [4.78, 5) is 68.0. The van der Waals surface area contributed by atoms with Crippen molar-refractivity contribution in [2.75, 3.05) is 87.7 Å². The Bertz CT molecular complexity index is 5360. The first-order valence-corrected chi connectivity index (χ1v) is 41.5. The van der Waals surface area contributed by atoms with Crippen molar-refractivity contribution in [1.29, 1.82) is 0 Å². The Kier molecular flexibility index (Phi) is 31.9. The number of nitrogens with zero attached hydrogens (tertiary/aromatic N) is 6. The lowest BCUT2D eigenvalue weighted by Crippen LogP contribution is -2.31. The van der Waals surface area contributed by atoms with E-state index in [1.807, 2.05) is 115 Å². The van der Waals surface area contributed by atoms with Crippen LogP contribution >= 0.6 is 78.3 Å². The molecule has 0 aliphatic carbocycles. The number of halogens is 6. The van der Waals surface area contributed by atoms with Crippen LogP contribution in [0, 0.1) is 0 Å². The minimum Gasteiger partial charge on any atom is -0.496 e. The number of methoxy groups -OCH3 is 6. The highest BCUT2D eigenvalue weighted by molar-refractivity contribution is 9.10. The van der Waals surface area contributed by atoms with Gasteiger partial charge in [0.1, 0.15) is 28.8 Å². The number of nitrogen functional groups attached to an aromatic ring is 1. The van der Waals surface area contributed by atoms with E-state index in [0.717, 1.165) is 188 Å². The van der Waals surface area contributed by atoms with Crippen molar-refractivity contribution in [1.82, 2.24) is 30.8 Å². The van der Waals surface area contributed by atoms with Crippen LogP contribution in [0.4, 0.5) is 10.5 Å². The lowest BCUT2D eigenvalue weighted by molar-refractivity contribution is -0.125. The minimum atomic E-state index is -0.275. The topological polar surface area (TPSA) is 252 Å². The van der Waals surface area contributed by atoms with E-state index in [1.165, 1.54) is 42.3 Å². The van der Waals surface area contributed by atoms with Gasteiger partial charge in [-0.25, -0.2) is 14.8 Å². The van der Waals surface area contributed by atoms with Crippen molar-refractivity contribution in [2.45, 2.75) is 90.0 Å². The van der Waals surface area contributed by atoms with E-state index in [2.05, 4.69) is 104 Å². The number of pyridine rings is 2. The maximum atomic E-state index is 11.5. The maximum absolute atomic E-state index is 11.5. The van der Waals surface area contributed by atoms with Crippen LogP contribution in [0.5, 0.6) is 34.8 Å². The third-order valence-corrected chi connectivity index (χ3v) is 22.9. The monoisotopic (exact) mass is 1780 g/mol. The Morgan fingerprint density at radius 3 is 1.43 bits per heavy atom. The number of anilines is 1. The Morgan fingerprint density at radius 1 is 0.513 bits per heavy atom. The Labute approximate surface area is 719 Å². The van der Waals surface area contributed by atoms with Crippen LogP contribution in [0.3, 0.4) is 0 Å². The normalized spacial score (nSPS) is 14.4. The second-order valence-electron chi connectivity index (χ2n) is 27.8. The third kappa shape index (κ3) is 22.7. The van der Waals surface area contributed by atoms with Gasteiger partial charge < -0.3 is 50.1 Å². The molecule has 0 spiro atoms. The zero-order chi connectivity index (χ0) is 83.1. The number of carbonyl (C=O) groups excluding carboxylic acids is 4. The first-order valence-electron chi connectivity index (χ1n) is 38.4. The summed E-state index contributed by atoms with van der Waals surface area (Å²) < 4.78 is 34.8. The summed E-state index contributed by atoms with van der Waals surface area (Å²) in [5.74, 6) is 5.01. The summed E-state index contributed by atoms with van der Waals surface area (Å²) >= 11 is 34.9. The summed E-state index contributed by atoms with van der Waals surface area (Å²) in [6.45, 7) is 6.05. The van der Waals surface area contributed by atoms with E-state index < -0.39 is 0 Å². The van der Waals surface area contributed by atoms with Crippen LogP contribution in [0.1, 0.15) is 90.9 Å². The van der Waals surface area contributed by atoms with Gasteiger partial charge in [0.2, 0.25) is 23.6 Å². The van der Waals surface area contributed by atoms with Gasteiger partial charge in [-0.05, 0) is 134 Å². The van der Waals surface area contributed by atoms with E-state index in [0.29, 0.717) is 86.4 Å². The lowest BCUT2D eigenvalue weighted by Gasteiger charge is -2.16. The van der Waals surface area contributed by atoms with Gasteiger partial charge >= 0.3 is 6.03 Å². The predicted molar refractivity (Wildman–Crippen MR) is 478 cm³/mol. The summed E-state index contributed by atoms with van der Waals surface area (Å²) in [6, 6.07) is 54.9. The van der Waals surface area contributed by atoms with Crippen LogP contribution < -0.4 is 50.1 Å². The number of aliphatic imine (C=N–C) groups is 3. The molecule has 20 nitrogen and oxygen atoms in total. The van der Waals surface area contributed by atoms with Gasteiger partial charge in [0.25, 0.3) is 0 Å². The minimum absolute atomic E-state index is 0.149. The van der Waals surface area contributed by atoms with Gasteiger partial charge in [-0.3, -0.25) is 34.3 Å². The van der Waals surface area contributed by atoms with Crippen molar-refractivity contribution in [3.63, 3.8) is 0 Å². The number of aryl methyl sites for hydroxylation is 1.